The highest BCUT2D eigenvalue weighted by atomic mass is 16.4. The van der Waals surface area contributed by atoms with Crippen LogP contribution in [0.25, 0.3) is 0 Å². The second kappa shape index (κ2) is 6.39. The molecule has 0 radical (unpaired) electrons. The summed E-state index contributed by atoms with van der Waals surface area (Å²) in [6.45, 7) is 8.67. The highest BCUT2D eigenvalue weighted by Crippen LogP contribution is 2.30. The van der Waals surface area contributed by atoms with Gasteiger partial charge in [-0.25, -0.2) is 0 Å². The van der Waals surface area contributed by atoms with Crippen LogP contribution in [0.1, 0.15) is 53.4 Å². The molecule has 1 rings (SSSR count). The predicted octanol–water partition coefficient (Wildman–Crippen LogP) is 2.90. The molecule has 0 saturated heterocycles. The molecular weight excluding hydrogens is 214 g/mol. The van der Waals surface area contributed by atoms with Gasteiger partial charge in [0.2, 0.25) is 0 Å². The first kappa shape index (κ1) is 14.5. The fourth-order valence-electron chi connectivity index (χ4n) is 2.79. The standard InChI is InChI=1S/C14H27NO2/c1-9(2)8-13(14(16)17)15-12-7-5-6-10(3)11(12)4/h9-13,15H,5-8H2,1-4H3,(H,16,17). The molecule has 1 saturated carbocycles. The van der Waals surface area contributed by atoms with Crippen molar-refractivity contribution in [1.82, 2.24) is 5.32 Å². The Hall–Kier alpha value is -0.570. The molecule has 100 valence electrons. The third-order valence-electron chi connectivity index (χ3n) is 4.13. The number of aliphatic carboxylic acids is 1. The van der Waals surface area contributed by atoms with Crippen molar-refractivity contribution in [2.45, 2.75) is 65.5 Å². The minimum atomic E-state index is -0.705. The maximum atomic E-state index is 11.2. The van der Waals surface area contributed by atoms with Gasteiger partial charge in [-0.15, -0.1) is 0 Å². The van der Waals surface area contributed by atoms with E-state index in [1.807, 2.05) is 0 Å². The average molecular weight is 241 g/mol. The summed E-state index contributed by atoms with van der Waals surface area (Å²) in [7, 11) is 0. The summed E-state index contributed by atoms with van der Waals surface area (Å²) in [5.41, 5.74) is 0. The summed E-state index contributed by atoms with van der Waals surface area (Å²) in [6, 6.07) is -0.00801. The molecule has 3 heteroatoms. The van der Waals surface area contributed by atoms with Crippen molar-refractivity contribution in [1.29, 1.82) is 0 Å². The molecule has 0 heterocycles. The lowest BCUT2D eigenvalue weighted by Crippen LogP contribution is -2.49. The van der Waals surface area contributed by atoms with E-state index in [1.165, 1.54) is 12.8 Å². The van der Waals surface area contributed by atoms with E-state index in [0.717, 1.165) is 6.42 Å². The van der Waals surface area contributed by atoms with Crippen LogP contribution in [0.2, 0.25) is 0 Å². The molecule has 0 aromatic rings. The molecule has 0 bridgehead atoms. The molecule has 2 N–H and O–H groups in total. The number of hydrogen-bond acceptors (Lipinski definition) is 2. The van der Waals surface area contributed by atoms with Crippen LogP contribution in [-0.4, -0.2) is 23.2 Å². The molecule has 4 atom stereocenters. The van der Waals surface area contributed by atoms with Crippen molar-refractivity contribution in [3.8, 4) is 0 Å². The lowest BCUT2D eigenvalue weighted by atomic mass is 9.77. The second-order valence-electron chi connectivity index (χ2n) is 6.06. The van der Waals surface area contributed by atoms with Gasteiger partial charge in [-0.1, -0.05) is 40.5 Å². The third kappa shape index (κ3) is 4.30. The molecule has 0 amide bonds. The Morgan fingerprint density at radius 1 is 1.35 bits per heavy atom. The molecule has 0 aliphatic heterocycles. The van der Waals surface area contributed by atoms with Gasteiger partial charge < -0.3 is 10.4 Å². The Kier molecular flexibility index (Phi) is 5.44. The molecule has 3 nitrogen and oxygen atoms in total. The van der Waals surface area contributed by atoms with Crippen molar-refractivity contribution < 1.29 is 9.90 Å². The van der Waals surface area contributed by atoms with Gasteiger partial charge in [0, 0.05) is 6.04 Å². The third-order valence-corrected chi connectivity index (χ3v) is 4.13. The summed E-state index contributed by atoms with van der Waals surface area (Å²) in [5.74, 6) is 0.997. The molecule has 1 aliphatic rings. The van der Waals surface area contributed by atoms with E-state index in [4.69, 9.17) is 0 Å². The monoisotopic (exact) mass is 241 g/mol. The Labute approximate surface area is 105 Å². The number of carboxylic acid groups (broad SMARTS) is 1. The number of nitrogens with one attached hydrogen (secondary N) is 1. The van der Waals surface area contributed by atoms with Crippen LogP contribution in [-0.2, 0) is 4.79 Å². The maximum absolute atomic E-state index is 11.2. The summed E-state index contributed by atoms with van der Waals surface area (Å²) >= 11 is 0. The van der Waals surface area contributed by atoms with Gasteiger partial charge in [-0.2, -0.15) is 0 Å². The minimum absolute atomic E-state index is 0.374. The quantitative estimate of drug-likeness (QED) is 0.778. The van der Waals surface area contributed by atoms with Crippen molar-refractivity contribution in [2.75, 3.05) is 0 Å². The van der Waals surface area contributed by atoms with Crippen molar-refractivity contribution in [3.63, 3.8) is 0 Å². The molecule has 1 aliphatic carbocycles. The van der Waals surface area contributed by atoms with Crippen LogP contribution in [0.3, 0.4) is 0 Å². The van der Waals surface area contributed by atoms with Gasteiger partial charge in [0.25, 0.3) is 0 Å². The number of hydrogen-bond donors (Lipinski definition) is 2. The maximum Gasteiger partial charge on any atom is 0.320 e. The van der Waals surface area contributed by atoms with E-state index in [2.05, 4.69) is 33.0 Å². The van der Waals surface area contributed by atoms with Crippen molar-refractivity contribution >= 4 is 5.97 Å². The minimum Gasteiger partial charge on any atom is -0.480 e. The van der Waals surface area contributed by atoms with Crippen LogP contribution in [0.15, 0.2) is 0 Å². The number of carboxylic acids is 1. The van der Waals surface area contributed by atoms with Crippen LogP contribution < -0.4 is 5.32 Å². The predicted molar refractivity (Wildman–Crippen MR) is 70.0 cm³/mol. The smallest absolute Gasteiger partial charge is 0.320 e. The molecule has 0 aromatic carbocycles. The van der Waals surface area contributed by atoms with Crippen LogP contribution in [0, 0.1) is 17.8 Å². The summed E-state index contributed by atoms with van der Waals surface area (Å²) in [5, 5.41) is 12.6. The van der Waals surface area contributed by atoms with Gasteiger partial charge >= 0.3 is 5.97 Å². The summed E-state index contributed by atoms with van der Waals surface area (Å²) in [6.07, 6.45) is 4.33. The molecule has 4 unspecified atom stereocenters. The van der Waals surface area contributed by atoms with E-state index in [-0.39, 0.29) is 6.04 Å². The lowest BCUT2D eigenvalue weighted by Gasteiger charge is -2.36. The van der Waals surface area contributed by atoms with E-state index in [9.17, 15) is 9.90 Å². The Morgan fingerprint density at radius 2 is 2.00 bits per heavy atom. The van der Waals surface area contributed by atoms with Crippen LogP contribution in [0.4, 0.5) is 0 Å². The van der Waals surface area contributed by atoms with Crippen molar-refractivity contribution in [3.05, 3.63) is 0 Å². The average Bonchev–Trinajstić information content (AvgIpc) is 2.22. The van der Waals surface area contributed by atoms with Gasteiger partial charge in [-0.05, 0) is 30.6 Å². The second-order valence-corrected chi connectivity index (χ2v) is 6.06. The zero-order valence-corrected chi connectivity index (χ0v) is 11.6. The molecule has 0 spiro atoms. The summed E-state index contributed by atoms with van der Waals surface area (Å²) in [4.78, 5) is 11.2. The van der Waals surface area contributed by atoms with Crippen LogP contribution >= 0.6 is 0 Å². The topological polar surface area (TPSA) is 49.3 Å². The fourth-order valence-corrected chi connectivity index (χ4v) is 2.79. The Balaban J connectivity index is 2.56. The molecular formula is C14H27NO2. The van der Waals surface area contributed by atoms with E-state index in [1.54, 1.807) is 0 Å². The van der Waals surface area contributed by atoms with E-state index in [0.29, 0.717) is 30.2 Å². The van der Waals surface area contributed by atoms with Crippen LogP contribution in [0.5, 0.6) is 0 Å². The van der Waals surface area contributed by atoms with Gasteiger partial charge in [0.05, 0.1) is 0 Å². The highest BCUT2D eigenvalue weighted by molar-refractivity contribution is 5.73. The normalized spacial score (nSPS) is 31.5. The number of carbonyl (C=O) groups is 1. The Bertz CT molecular complexity index is 253. The SMILES string of the molecule is CC(C)CC(NC1CCCC(C)C1C)C(=O)O. The van der Waals surface area contributed by atoms with Crippen molar-refractivity contribution in [2.24, 2.45) is 17.8 Å². The van der Waals surface area contributed by atoms with E-state index < -0.39 is 5.97 Å². The first-order valence-electron chi connectivity index (χ1n) is 6.90. The molecule has 1 fully saturated rings. The Morgan fingerprint density at radius 3 is 2.53 bits per heavy atom. The van der Waals surface area contributed by atoms with Gasteiger partial charge in [-0.3, -0.25) is 4.79 Å². The first-order chi connectivity index (χ1) is 7.91. The highest BCUT2D eigenvalue weighted by Gasteiger charge is 2.30. The molecule has 0 aromatic heterocycles. The zero-order chi connectivity index (χ0) is 13.0. The zero-order valence-electron chi connectivity index (χ0n) is 11.6. The molecule has 17 heavy (non-hydrogen) atoms. The van der Waals surface area contributed by atoms with Gasteiger partial charge in [0.15, 0.2) is 0 Å². The largest absolute Gasteiger partial charge is 0.480 e. The lowest BCUT2D eigenvalue weighted by molar-refractivity contribution is -0.140. The number of rotatable bonds is 5. The first-order valence-corrected chi connectivity index (χ1v) is 6.90. The van der Waals surface area contributed by atoms with Gasteiger partial charge in [0.1, 0.15) is 6.04 Å². The summed E-state index contributed by atoms with van der Waals surface area (Å²) < 4.78 is 0. The van der Waals surface area contributed by atoms with E-state index >= 15 is 0 Å². The fraction of sp³-hybridized carbons (Fsp3) is 0.929.